The SMILES string of the molecule is C[C@@]1(/C=N/NC(=O)c2cc(O)c(O)c(O)c2)S[C@@H]2CC(=O)N2[C@H]1C(=O)O. The van der Waals surface area contributed by atoms with Crippen LogP contribution in [0.4, 0.5) is 0 Å². The van der Waals surface area contributed by atoms with Crippen molar-refractivity contribution in [3.63, 3.8) is 0 Å². The predicted octanol–water partition coefficient (Wildman–Crippen LogP) is 0.0361. The minimum atomic E-state index is -1.17. The fourth-order valence-electron chi connectivity index (χ4n) is 2.93. The summed E-state index contributed by atoms with van der Waals surface area (Å²) in [5.74, 6) is -4.30. The van der Waals surface area contributed by atoms with Gasteiger partial charge in [-0.25, -0.2) is 10.2 Å². The standard InChI is InChI=1S/C15H15N3O7S/c1-15(12(14(24)25)18-9(21)4-10(18)26-15)5-16-17-13(23)6-2-7(19)11(22)8(20)3-6/h2-3,5,10,12,19-20,22H,4H2,1H3,(H,17,23)(H,24,25)/b16-5+/t10-,12+,15+/m1/s1. The average molecular weight is 381 g/mol. The van der Waals surface area contributed by atoms with E-state index in [4.69, 9.17) is 0 Å². The number of thioether (sulfide) groups is 1. The van der Waals surface area contributed by atoms with Gasteiger partial charge in [-0.3, -0.25) is 9.59 Å². The van der Waals surface area contributed by atoms with Crippen LogP contribution in [-0.4, -0.2) is 65.5 Å². The first-order chi connectivity index (χ1) is 12.1. The Hall–Kier alpha value is -2.95. The maximum atomic E-state index is 12.0. The number of phenols is 3. The van der Waals surface area contributed by atoms with Gasteiger partial charge in [0.2, 0.25) is 5.91 Å². The average Bonchev–Trinajstić information content (AvgIpc) is 2.79. The monoisotopic (exact) mass is 381 g/mol. The number of carboxylic acid groups (broad SMARTS) is 1. The third kappa shape index (κ3) is 2.79. The van der Waals surface area contributed by atoms with Gasteiger partial charge in [0, 0.05) is 11.8 Å². The molecule has 0 radical (unpaired) electrons. The molecule has 0 aliphatic carbocycles. The Morgan fingerprint density at radius 1 is 1.35 bits per heavy atom. The van der Waals surface area contributed by atoms with Crippen LogP contribution in [0.15, 0.2) is 17.2 Å². The molecule has 2 saturated heterocycles. The Bertz CT molecular complexity index is 820. The number of aromatic hydroxyl groups is 3. The zero-order chi connectivity index (χ0) is 19.2. The van der Waals surface area contributed by atoms with Crippen molar-refractivity contribution in [1.29, 1.82) is 0 Å². The van der Waals surface area contributed by atoms with Gasteiger partial charge in [-0.1, -0.05) is 0 Å². The van der Waals surface area contributed by atoms with Crippen molar-refractivity contribution < 1.29 is 34.8 Å². The third-order valence-corrected chi connectivity index (χ3v) is 5.71. The lowest BCUT2D eigenvalue weighted by molar-refractivity contribution is -0.156. The van der Waals surface area contributed by atoms with E-state index in [2.05, 4.69) is 10.5 Å². The number of phenolic OH excluding ortho intramolecular Hbond substituents is 3. The molecule has 2 aliphatic rings. The fraction of sp³-hybridized carbons (Fsp3) is 0.333. The van der Waals surface area contributed by atoms with Gasteiger partial charge in [0.1, 0.15) is 6.04 Å². The third-order valence-electron chi connectivity index (χ3n) is 4.21. The Morgan fingerprint density at radius 3 is 2.50 bits per heavy atom. The van der Waals surface area contributed by atoms with Crippen molar-refractivity contribution in [3.8, 4) is 17.2 Å². The summed E-state index contributed by atoms with van der Waals surface area (Å²) in [6.45, 7) is 1.61. The normalized spacial score (nSPS) is 27.3. The minimum absolute atomic E-state index is 0.159. The Morgan fingerprint density at radius 2 is 1.96 bits per heavy atom. The molecule has 0 bridgehead atoms. The van der Waals surface area contributed by atoms with Crippen molar-refractivity contribution in [1.82, 2.24) is 10.3 Å². The number of carboxylic acids is 1. The zero-order valence-electron chi connectivity index (χ0n) is 13.4. The van der Waals surface area contributed by atoms with Crippen molar-refractivity contribution in [2.24, 2.45) is 5.10 Å². The first-order valence-electron chi connectivity index (χ1n) is 7.45. The van der Waals surface area contributed by atoms with Gasteiger partial charge >= 0.3 is 5.97 Å². The Balaban J connectivity index is 1.74. The van der Waals surface area contributed by atoms with E-state index in [-0.39, 0.29) is 23.3 Å². The summed E-state index contributed by atoms with van der Waals surface area (Å²) < 4.78 is -1.03. The lowest BCUT2D eigenvalue weighted by atomic mass is 9.97. The number of hydrogen-bond acceptors (Lipinski definition) is 8. The van der Waals surface area contributed by atoms with Crippen LogP contribution in [0.5, 0.6) is 17.2 Å². The first kappa shape index (κ1) is 17.9. The quantitative estimate of drug-likeness (QED) is 0.211. The molecule has 2 fully saturated rings. The molecule has 11 heteroatoms. The molecule has 0 spiro atoms. The zero-order valence-corrected chi connectivity index (χ0v) is 14.2. The highest BCUT2D eigenvalue weighted by Gasteiger charge is 2.60. The molecule has 0 saturated carbocycles. The van der Waals surface area contributed by atoms with Crippen LogP contribution < -0.4 is 5.43 Å². The van der Waals surface area contributed by atoms with Crippen molar-refractivity contribution in [3.05, 3.63) is 17.7 Å². The van der Waals surface area contributed by atoms with E-state index in [1.807, 2.05) is 0 Å². The Labute approximate surface area is 151 Å². The molecule has 1 aromatic carbocycles. The molecular weight excluding hydrogens is 366 g/mol. The number of aliphatic carboxylic acids is 1. The number of β-lactam (4-membered cyclic amide) rings is 1. The molecule has 2 amide bonds. The van der Waals surface area contributed by atoms with Gasteiger partial charge in [0.15, 0.2) is 17.2 Å². The predicted molar refractivity (Wildman–Crippen MR) is 90.1 cm³/mol. The summed E-state index contributed by atoms with van der Waals surface area (Å²) in [5.41, 5.74) is 2.00. The molecule has 3 atom stereocenters. The summed E-state index contributed by atoms with van der Waals surface area (Å²) in [7, 11) is 0. The number of rotatable bonds is 4. The number of nitrogens with one attached hydrogen (secondary N) is 1. The van der Waals surface area contributed by atoms with E-state index >= 15 is 0 Å². The van der Waals surface area contributed by atoms with Gasteiger partial charge in [0.25, 0.3) is 5.91 Å². The van der Waals surface area contributed by atoms with Crippen LogP contribution in [0.1, 0.15) is 23.7 Å². The van der Waals surface area contributed by atoms with E-state index in [0.29, 0.717) is 0 Å². The molecule has 0 unspecified atom stereocenters. The molecule has 2 aliphatic heterocycles. The van der Waals surface area contributed by atoms with Crippen LogP contribution in [0.25, 0.3) is 0 Å². The maximum absolute atomic E-state index is 12.0. The second-order valence-corrected chi connectivity index (χ2v) is 7.72. The van der Waals surface area contributed by atoms with E-state index in [9.17, 15) is 34.8 Å². The molecule has 10 nitrogen and oxygen atoms in total. The van der Waals surface area contributed by atoms with Crippen molar-refractivity contribution >= 4 is 35.8 Å². The van der Waals surface area contributed by atoms with Crippen LogP contribution in [0, 0.1) is 0 Å². The number of fused-ring (bicyclic) bond motifs is 1. The van der Waals surface area contributed by atoms with Crippen LogP contribution >= 0.6 is 11.8 Å². The molecule has 2 heterocycles. The van der Waals surface area contributed by atoms with Gasteiger partial charge in [0.05, 0.1) is 16.5 Å². The van der Waals surface area contributed by atoms with Gasteiger partial charge in [-0.2, -0.15) is 5.10 Å². The summed E-state index contributed by atoms with van der Waals surface area (Å²) in [5, 5.41) is 41.1. The molecule has 1 aromatic rings. The molecule has 0 aromatic heterocycles. The topological polar surface area (TPSA) is 160 Å². The molecule has 138 valence electrons. The number of hydrogen-bond donors (Lipinski definition) is 5. The van der Waals surface area contributed by atoms with Crippen molar-refractivity contribution in [2.75, 3.05) is 0 Å². The molecule has 3 rings (SSSR count). The van der Waals surface area contributed by atoms with E-state index in [1.165, 1.54) is 22.9 Å². The number of carbonyl (C=O) groups is 3. The lowest BCUT2D eigenvalue weighted by Crippen LogP contribution is -2.57. The summed E-state index contributed by atoms with van der Waals surface area (Å²) in [4.78, 5) is 36.5. The second-order valence-electron chi connectivity index (χ2n) is 6.06. The lowest BCUT2D eigenvalue weighted by Gasteiger charge is -2.36. The summed E-state index contributed by atoms with van der Waals surface area (Å²) >= 11 is 1.27. The van der Waals surface area contributed by atoms with Gasteiger partial charge in [-0.05, 0) is 19.1 Å². The first-order valence-corrected chi connectivity index (χ1v) is 8.33. The minimum Gasteiger partial charge on any atom is -0.504 e. The second kappa shape index (κ2) is 6.09. The van der Waals surface area contributed by atoms with Crippen LogP contribution in [0.3, 0.4) is 0 Å². The maximum Gasteiger partial charge on any atom is 0.328 e. The van der Waals surface area contributed by atoms with Gasteiger partial charge in [-0.15, -0.1) is 11.8 Å². The fourth-order valence-corrected chi connectivity index (χ4v) is 4.55. The highest BCUT2D eigenvalue weighted by molar-refractivity contribution is 8.02. The number of hydrazone groups is 1. The van der Waals surface area contributed by atoms with Gasteiger partial charge < -0.3 is 25.3 Å². The molecule has 26 heavy (non-hydrogen) atoms. The van der Waals surface area contributed by atoms with Crippen molar-refractivity contribution in [2.45, 2.75) is 29.5 Å². The number of nitrogens with zero attached hydrogens (tertiary/aromatic N) is 2. The highest BCUT2D eigenvalue weighted by atomic mass is 32.2. The smallest absolute Gasteiger partial charge is 0.328 e. The van der Waals surface area contributed by atoms with E-state index in [0.717, 1.165) is 12.1 Å². The van der Waals surface area contributed by atoms with Crippen LogP contribution in [0.2, 0.25) is 0 Å². The number of amides is 2. The Kier molecular flexibility index (Phi) is 4.18. The highest BCUT2D eigenvalue weighted by Crippen LogP contribution is 2.50. The largest absolute Gasteiger partial charge is 0.504 e. The van der Waals surface area contributed by atoms with Crippen LogP contribution in [-0.2, 0) is 9.59 Å². The summed E-state index contributed by atoms with van der Waals surface area (Å²) in [6, 6.07) is 0.786. The van der Waals surface area contributed by atoms with E-state index in [1.54, 1.807) is 6.92 Å². The number of carbonyl (C=O) groups excluding carboxylic acids is 2. The summed E-state index contributed by atoms with van der Waals surface area (Å²) in [6.07, 6.45) is 1.51. The molecule has 5 N–H and O–H groups in total. The number of benzene rings is 1. The molecular formula is C15H15N3O7S. The van der Waals surface area contributed by atoms with E-state index < -0.39 is 39.9 Å².